The largest absolute Gasteiger partial charge is 0.493 e. The van der Waals surface area contributed by atoms with Gasteiger partial charge >= 0.3 is 0 Å². The Balaban J connectivity index is 3.05. The lowest BCUT2D eigenvalue weighted by Crippen LogP contribution is -2.35. The molecule has 0 aliphatic carbocycles. The van der Waals surface area contributed by atoms with Crippen molar-refractivity contribution in [1.29, 1.82) is 5.26 Å². The molecule has 1 rings (SSSR count). The van der Waals surface area contributed by atoms with E-state index in [-0.39, 0.29) is 12.1 Å². The highest BCUT2D eigenvalue weighted by Crippen LogP contribution is 2.34. The highest BCUT2D eigenvalue weighted by atomic mass is 35.5. The highest BCUT2D eigenvalue weighted by Gasteiger charge is 2.15. The van der Waals surface area contributed by atoms with E-state index in [1.807, 2.05) is 12.1 Å². The van der Waals surface area contributed by atoms with Gasteiger partial charge in [-0.2, -0.15) is 5.26 Å². The number of hydrogen-bond donors (Lipinski definition) is 1. The molecular formula is C14H19ClN2O2. The quantitative estimate of drug-likeness (QED) is 0.901. The van der Waals surface area contributed by atoms with Crippen LogP contribution in [0.5, 0.6) is 11.5 Å². The van der Waals surface area contributed by atoms with Gasteiger partial charge in [-0.15, -0.1) is 0 Å². The molecule has 0 bridgehead atoms. The molecule has 0 saturated heterocycles. The summed E-state index contributed by atoms with van der Waals surface area (Å²) < 4.78 is 10.7. The van der Waals surface area contributed by atoms with Gasteiger partial charge < -0.3 is 14.8 Å². The van der Waals surface area contributed by atoms with E-state index in [4.69, 9.17) is 26.3 Å². The van der Waals surface area contributed by atoms with E-state index in [0.29, 0.717) is 23.1 Å². The molecule has 0 aliphatic rings. The maximum absolute atomic E-state index is 8.64. The Hall–Kier alpha value is -1.44. The van der Waals surface area contributed by atoms with Crippen LogP contribution in [-0.2, 0) is 6.54 Å². The first-order valence-corrected chi connectivity index (χ1v) is 6.36. The lowest BCUT2D eigenvalue weighted by Gasteiger charge is -2.22. The van der Waals surface area contributed by atoms with Crippen LogP contribution in [0.2, 0.25) is 5.02 Å². The third kappa shape index (κ3) is 4.98. The van der Waals surface area contributed by atoms with Crippen LogP contribution in [0.1, 0.15) is 26.3 Å². The van der Waals surface area contributed by atoms with E-state index < -0.39 is 0 Å². The number of nitriles is 1. The number of ether oxygens (including phenoxy) is 2. The Labute approximate surface area is 119 Å². The van der Waals surface area contributed by atoms with Gasteiger partial charge in [-0.25, -0.2) is 0 Å². The SMILES string of the molecule is COc1cc(Cl)cc(CNC(C)(C)C)c1OCC#N. The summed E-state index contributed by atoms with van der Waals surface area (Å²) >= 11 is 6.06. The fourth-order valence-electron chi connectivity index (χ4n) is 1.53. The maximum Gasteiger partial charge on any atom is 0.174 e. The molecule has 0 amide bonds. The molecular weight excluding hydrogens is 264 g/mol. The molecule has 0 aromatic heterocycles. The second kappa shape index (κ2) is 6.65. The molecule has 104 valence electrons. The van der Waals surface area contributed by atoms with Crippen LogP contribution in [0.15, 0.2) is 12.1 Å². The molecule has 1 aromatic rings. The Morgan fingerprint density at radius 2 is 2.05 bits per heavy atom. The molecule has 0 spiro atoms. The van der Waals surface area contributed by atoms with Gasteiger partial charge in [0.25, 0.3) is 0 Å². The van der Waals surface area contributed by atoms with Crippen molar-refractivity contribution in [2.75, 3.05) is 13.7 Å². The summed E-state index contributed by atoms with van der Waals surface area (Å²) in [5.41, 5.74) is 0.844. The first kappa shape index (κ1) is 15.6. The predicted octanol–water partition coefficient (Wildman–Crippen LogP) is 3.14. The van der Waals surface area contributed by atoms with Gasteiger partial charge in [-0.1, -0.05) is 11.6 Å². The normalized spacial score (nSPS) is 10.9. The molecule has 0 unspecified atom stereocenters. The summed E-state index contributed by atoms with van der Waals surface area (Å²) in [6.07, 6.45) is 0. The maximum atomic E-state index is 8.64. The van der Waals surface area contributed by atoms with Gasteiger partial charge in [0.05, 0.1) is 7.11 Å². The molecule has 0 aliphatic heterocycles. The van der Waals surface area contributed by atoms with Crippen LogP contribution in [0.4, 0.5) is 0 Å². The van der Waals surface area contributed by atoms with E-state index in [0.717, 1.165) is 5.56 Å². The number of nitrogens with one attached hydrogen (secondary N) is 1. The third-order valence-electron chi connectivity index (χ3n) is 2.41. The van der Waals surface area contributed by atoms with Crippen molar-refractivity contribution in [2.45, 2.75) is 32.9 Å². The van der Waals surface area contributed by atoms with Crippen LogP contribution in [0.25, 0.3) is 0 Å². The third-order valence-corrected chi connectivity index (χ3v) is 2.62. The lowest BCUT2D eigenvalue weighted by molar-refractivity contribution is 0.322. The van der Waals surface area contributed by atoms with Crippen molar-refractivity contribution >= 4 is 11.6 Å². The molecule has 5 heteroatoms. The van der Waals surface area contributed by atoms with Crippen molar-refractivity contribution in [3.63, 3.8) is 0 Å². The number of hydrogen-bond acceptors (Lipinski definition) is 4. The van der Waals surface area contributed by atoms with Gasteiger partial charge in [0.2, 0.25) is 0 Å². The first-order valence-electron chi connectivity index (χ1n) is 5.98. The molecule has 0 heterocycles. The topological polar surface area (TPSA) is 54.3 Å². The van der Waals surface area contributed by atoms with Gasteiger partial charge in [-0.05, 0) is 26.8 Å². The summed E-state index contributed by atoms with van der Waals surface area (Å²) in [5.74, 6) is 1.10. The Bertz CT molecular complexity index is 476. The summed E-state index contributed by atoms with van der Waals surface area (Å²) in [6, 6.07) is 5.44. The zero-order valence-corrected chi connectivity index (χ0v) is 12.5. The smallest absolute Gasteiger partial charge is 0.174 e. The van der Waals surface area contributed by atoms with Gasteiger partial charge in [0, 0.05) is 28.7 Å². The van der Waals surface area contributed by atoms with E-state index in [1.54, 1.807) is 13.2 Å². The highest BCUT2D eigenvalue weighted by molar-refractivity contribution is 6.30. The molecule has 0 saturated carbocycles. The molecule has 0 radical (unpaired) electrons. The van der Waals surface area contributed by atoms with Crippen molar-refractivity contribution in [3.8, 4) is 17.6 Å². The van der Waals surface area contributed by atoms with Gasteiger partial charge in [-0.3, -0.25) is 0 Å². The summed E-state index contributed by atoms with van der Waals surface area (Å²) in [7, 11) is 1.55. The van der Waals surface area contributed by atoms with Crippen molar-refractivity contribution in [1.82, 2.24) is 5.32 Å². The number of rotatable bonds is 5. The zero-order chi connectivity index (χ0) is 14.5. The molecule has 1 aromatic carbocycles. The van der Waals surface area contributed by atoms with Crippen LogP contribution in [0, 0.1) is 11.3 Å². The standard InChI is InChI=1S/C14H19ClN2O2/c1-14(2,3)17-9-10-7-11(15)8-12(18-4)13(10)19-6-5-16/h7-8,17H,6,9H2,1-4H3. The number of methoxy groups -OCH3 is 1. The number of nitrogens with zero attached hydrogens (tertiary/aromatic N) is 1. The number of halogens is 1. The number of benzene rings is 1. The van der Waals surface area contributed by atoms with Crippen molar-refractivity contribution < 1.29 is 9.47 Å². The van der Waals surface area contributed by atoms with Crippen molar-refractivity contribution in [3.05, 3.63) is 22.7 Å². The molecule has 4 nitrogen and oxygen atoms in total. The van der Waals surface area contributed by atoms with Crippen LogP contribution < -0.4 is 14.8 Å². The Morgan fingerprint density at radius 1 is 1.37 bits per heavy atom. The van der Waals surface area contributed by atoms with Crippen LogP contribution >= 0.6 is 11.6 Å². The van der Waals surface area contributed by atoms with Gasteiger partial charge in [0.15, 0.2) is 18.1 Å². The second-order valence-corrected chi connectivity index (χ2v) is 5.58. The summed E-state index contributed by atoms with van der Waals surface area (Å²) in [6.45, 7) is 6.78. The van der Waals surface area contributed by atoms with E-state index in [1.165, 1.54) is 0 Å². The average molecular weight is 283 g/mol. The summed E-state index contributed by atoms with van der Waals surface area (Å²) in [5, 5.41) is 12.6. The monoisotopic (exact) mass is 282 g/mol. The molecule has 1 N–H and O–H groups in total. The van der Waals surface area contributed by atoms with Crippen LogP contribution in [0.3, 0.4) is 0 Å². The lowest BCUT2D eigenvalue weighted by atomic mass is 10.1. The zero-order valence-electron chi connectivity index (χ0n) is 11.7. The van der Waals surface area contributed by atoms with E-state index >= 15 is 0 Å². The predicted molar refractivity (Wildman–Crippen MR) is 75.7 cm³/mol. The van der Waals surface area contributed by atoms with E-state index in [9.17, 15) is 0 Å². The second-order valence-electron chi connectivity index (χ2n) is 5.15. The molecule has 0 atom stereocenters. The first-order chi connectivity index (χ1) is 8.87. The van der Waals surface area contributed by atoms with E-state index in [2.05, 4.69) is 26.1 Å². The summed E-state index contributed by atoms with van der Waals surface area (Å²) in [4.78, 5) is 0. The average Bonchev–Trinajstić information content (AvgIpc) is 2.33. The minimum atomic E-state index is -0.0273. The van der Waals surface area contributed by atoms with Crippen molar-refractivity contribution in [2.24, 2.45) is 0 Å². The molecule has 19 heavy (non-hydrogen) atoms. The Morgan fingerprint density at radius 3 is 2.58 bits per heavy atom. The minimum absolute atomic E-state index is 0.0257. The van der Waals surface area contributed by atoms with Gasteiger partial charge in [0.1, 0.15) is 6.07 Å². The van der Waals surface area contributed by atoms with Crippen LogP contribution in [-0.4, -0.2) is 19.3 Å². The fourth-order valence-corrected chi connectivity index (χ4v) is 1.77. The Kier molecular flexibility index (Phi) is 5.46. The fraction of sp³-hybridized carbons (Fsp3) is 0.500. The molecule has 0 fully saturated rings. The minimum Gasteiger partial charge on any atom is -0.493 e.